The fraction of sp³-hybridized carbons (Fsp3) is 0.500. The molecule has 4 nitrogen and oxygen atoms in total. The Morgan fingerprint density at radius 2 is 2.30 bits per heavy atom. The first kappa shape index (κ1) is 17.4. The summed E-state index contributed by atoms with van der Waals surface area (Å²) in [6, 6.07) is 7.53. The minimum absolute atomic E-state index is 0. The third kappa shape index (κ3) is 3.95. The highest BCUT2D eigenvalue weighted by Crippen LogP contribution is 2.22. The molecule has 20 heavy (non-hydrogen) atoms. The zero-order valence-electron chi connectivity index (χ0n) is 11.4. The molecular weight excluding hydrogens is 344 g/mol. The number of nitrogens with zero attached hydrogens (tertiary/aromatic N) is 1. The van der Waals surface area contributed by atoms with Crippen LogP contribution in [0.1, 0.15) is 23.2 Å². The number of hydrogen-bond acceptors (Lipinski definition) is 3. The van der Waals surface area contributed by atoms with Gasteiger partial charge in [0.25, 0.3) is 5.91 Å². The molecule has 1 aliphatic rings. The van der Waals surface area contributed by atoms with Gasteiger partial charge < -0.3 is 15.4 Å². The maximum atomic E-state index is 12.5. The van der Waals surface area contributed by atoms with Crippen molar-refractivity contribution in [2.45, 2.75) is 25.0 Å². The number of ether oxygens (including phenoxy) is 1. The fourth-order valence-electron chi connectivity index (χ4n) is 2.51. The van der Waals surface area contributed by atoms with E-state index in [1.807, 2.05) is 29.2 Å². The Labute approximate surface area is 134 Å². The van der Waals surface area contributed by atoms with Crippen molar-refractivity contribution in [3.05, 3.63) is 34.3 Å². The maximum Gasteiger partial charge on any atom is 0.254 e. The van der Waals surface area contributed by atoms with Gasteiger partial charge in [-0.3, -0.25) is 4.79 Å². The molecule has 0 aromatic heterocycles. The van der Waals surface area contributed by atoms with Crippen molar-refractivity contribution in [1.82, 2.24) is 4.90 Å². The van der Waals surface area contributed by atoms with Crippen LogP contribution in [0.15, 0.2) is 28.7 Å². The van der Waals surface area contributed by atoms with E-state index in [1.165, 1.54) is 0 Å². The van der Waals surface area contributed by atoms with Crippen LogP contribution >= 0.6 is 28.3 Å². The maximum absolute atomic E-state index is 12.5. The molecule has 6 heteroatoms. The standard InChI is InChI=1S/C14H19BrN2O2.ClH/c1-19-13-5-6-17(12(8-13)9-16)14(18)10-3-2-4-11(15)7-10;/h2-4,7,12-13H,5-6,8-9,16H2,1H3;1H. The van der Waals surface area contributed by atoms with Gasteiger partial charge in [-0.2, -0.15) is 0 Å². The van der Waals surface area contributed by atoms with E-state index in [2.05, 4.69) is 15.9 Å². The molecular formula is C14H20BrClN2O2. The van der Waals surface area contributed by atoms with E-state index in [-0.39, 0.29) is 30.5 Å². The Kier molecular flexibility index (Phi) is 6.95. The third-order valence-corrected chi connectivity index (χ3v) is 4.10. The predicted molar refractivity (Wildman–Crippen MR) is 85.3 cm³/mol. The molecule has 1 aromatic rings. The van der Waals surface area contributed by atoms with Crippen LogP contribution in [0, 0.1) is 0 Å². The summed E-state index contributed by atoms with van der Waals surface area (Å²) in [5, 5.41) is 0. The molecule has 1 aromatic carbocycles. The third-order valence-electron chi connectivity index (χ3n) is 3.61. The molecule has 1 aliphatic heterocycles. The summed E-state index contributed by atoms with van der Waals surface area (Å²) in [5.74, 6) is 0.0475. The van der Waals surface area contributed by atoms with E-state index >= 15 is 0 Å². The number of rotatable bonds is 3. The van der Waals surface area contributed by atoms with Gasteiger partial charge >= 0.3 is 0 Å². The van der Waals surface area contributed by atoms with Gasteiger partial charge in [0.15, 0.2) is 0 Å². The van der Waals surface area contributed by atoms with Crippen molar-refractivity contribution in [1.29, 1.82) is 0 Å². The van der Waals surface area contributed by atoms with Crippen molar-refractivity contribution < 1.29 is 9.53 Å². The predicted octanol–water partition coefficient (Wildman–Crippen LogP) is 2.45. The Morgan fingerprint density at radius 1 is 1.55 bits per heavy atom. The van der Waals surface area contributed by atoms with Crippen molar-refractivity contribution >= 4 is 34.2 Å². The highest BCUT2D eigenvalue weighted by Gasteiger charge is 2.31. The molecule has 0 saturated carbocycles. The first-order chi connectivity index (χ1) is 9.15. The smallest absolute Gasteiger partial charge is 0.254 e. The van der Waals surface area contributed by atoms with E-state index in [1.54, 1.807) is 7.11 Å². The average molecular weight is 364 g/mol. The monoisotopic (exact) mass is 362 g/mol. The number of methoxy groups -OCH3 is 1. The summed E-state index contributed by atoms with van der Waals surface area (Å²) >= 11 is 3.39. The number of nitrogens with two attached hydrogens (primary N) is 1. The summed E-state index contributed by atoms with van der Waals surface area (Å²) in [4.78, 5) is 14.4. The van der Waals surface area contributed by atoms with E-state index < -0.39 is 0 Å². The number of carbonyl (C=O) groups excluding carboxylic acids is 1. The Hall–Kier alpha value is -0.620. The van der Waals surface area contributed by atoms with Crippen LogP contribution in [0.25, 0.3) is 0 Å². The Morgan fingerprint density at radius 3 is 2.90 bits per heavy atom. The number of likely N-dealkylation sites (tertiary alicyclic amines) is 1. The highest BCUT2D eigenvalue weighted by atomic mass is 79.9. The second-order valence-corrected chi connectivity index (χ2v) is 5.70. The number of benzene rings is 1. The molecule has 1 heterocycles. The highest BCUT2D eigenvalue weighted by molar-refractivity contribution is 9.10. The summed E-state index contributed by atoms with van der Waals surface area (Å²) < 4.78 is 6.29. The molecule has 2 atom stereocenters. The van der Waals surface area contributed by atoms with Crippen LogP contribution in [0.4, 0.5) is 0 Å². The lowest BCUT2D eigenvalue weighted by Crippen LogP contribution is -2.51. The molecule has 112 valence electrons. The number of halogens is 2. The molecule has 2 N–H and O–H groups in total. The average Bonchev–Trinajstić information content (AvgIpc) is 2.45. The van der Waals surface area contributed by atoms with Crippen LogP contribution in [-0.2, 0) is 4.74 Å². The SMILES string of the molecule is COC1CCN(C(=O)c2cccc(Br)c2)C(CN)C1.Cl. The van der Waals surface area contributed by atoms with Crippen LogP contribution < -0.4 is 5.73 Å². The largest absolute Gasteiger partial charge is 0.381 e. The van der Waals surface area contributed by atoms with Crippen LogP contribution in [0.2, 0.25) is 0 Å². The van der Waals surface area contributed by atoms with E-state index in [0.717, 1.165) is 17.3 Å². The second kappa shape index (κ2) is 7.98. The molecule has 1 saturated heterocycles. The molecule has 0 bridgehead atoms. The Balaban J connectivity index is 0.00000200. The van der Waals surface area contributed by atoms with Gasteiger partial charge in [-0.25, -0.2) is 0 Å². The number of hydrogen-bond donors (Lipinski definition) is 1. The molecule has 1 amide bonds. The van der Waals surface area contributed by atoms with Gasteiger partial charge in [-0.05, 0) is 31.0 Å². The second-order valence-electron chi connectivity index (χ2n) is 4.78. The van der Waals surface area contributed by atoms with Crippen LogP contribution in [0.3, 0.4) is 0 Å². The molecule has 2 unspecified atom stereocenters. The fourth-order valence-corrected chi connectivity index (χ4v) is 2.91. The topological polar surface area (TPSA) is 55.6 Å². The quantitative estimate of drug-likeness (QED) is 0.897. The van der Waals surface area contributed by atoms with Gasteiger partial charge in [0, 0.05) is 36.3 Å². The first-order valence-corrected chi connectivity index (χ1v) is 7.24. The zero-order valence-corrected chi connectivity index (χ0v) is 13.8. The van der Waals surface area contributed by atoms with Crippen molar-refractivity contribution in [2.24, 2.45) is 5.73 Å². The van der Waals surface area contributed by atoms with E-state index in [4.69, 9.17) is 10.5 Å². The van der Waals surface area contributed by atoms with Crippen molar-refractivity contribution in [3.8, 4) is 0 Å². The normalized spacial score (nSPS) is 22.2. The van der Waals surface area contributed by atoms with E-state index in [0.29, 0.717) is 18.7 Å². The van der Waals surface area contributed by atoms with Gasteiger partial charge in [0.2, 0.25) is 0 Å². The van der Waals surface area contributed by atoms with E-state index in [9.17, 15) is 4.79 Å². The van der Waals surface area contributed by atoms with Gasteiger partial charge in [0.1, 0.15) is 0 Å². The number of amides is 1. The molecule has 0 spiro atoms. The summed E-state index contributed by atoms with van der Waals surface area (Å²) in [5.41, 5.74) is 6.50. The first-order valence-electron chi connectivity index (χ1n) is 6.45. The zero-order chi connectivity index (χ0) is 13.8. The summed E-state index contributed by atoms with van der Waals surface area (Å²) in [6.45, 7) is 1.17. The van der Waals surface area contributed by atoms with Gasteiger partial charge in [0.05, 0.1) is 6.10 Å². The van der Waals surface area contributed by atoms with Crippen LogP contribution in [-0.4, -0.2) is 43.2 Å². The molecule has 2 rings (SSSR count). The van der Waals surface area contributed by atoms with Gasteiger partial charge in [-0.15, -0.1) is 12.4 Å². The Bertz CT molecular complexity index is 459. The molecule has 0 radical (unpaired) electrons. The minimum Gasteiger partial charge on any atom is -0.381 e. The lowest BCUT2D eigenvalue weighted by Gasteiger charge is -2.38. The summed E-state index contributed by atoms with van der Waals surface area (Å²) in [7, 11) is 1.71. The molecule has 0 aliphatic carbocycles. The van der Waals surface area contributed by atoms with Crippen molar-refractivity contribution in [2.75, 3.05) is 20.2 Å². The number of piperidine rings is 1. The number of carbonyl (C=O) groups is 1. The summed E-state index contributed by atoms with van der Waals surface area (Å²) in [6.07, 6.45) is 1.89. The lowest BCUT2D eigenvalue weighted by molar-refractivity contribution is 0.0139. The van der Waals surface area contributed by atoms with Crippen LogP contribution in [0.5, 0.6) is 0 Å². The van der Waals surface area contributed by atoms with Crippen molar-refractivity contribution in [3.63, 3.8) is 0 Å². The molecule has 1 fully saturated rings. The lowest BCUT2D eigenvalue weighted by atomic mass is 9.98. The minimum atomic E-state index is 0. The van der Waals surface area contributed by atoms with Gasteiger partial charge in [-0.1, -0.05) is 22.0 Å².